The molecule has 0 saturated heterocycles. The van der Waals surface area contributed by atoms with Gasteiger partial charge in [-0.1, -0.05) is 18.2 Å². The number of aromatic nitrogens is 1. The van der Waals surface area contributed by atoms with Gasteiger partial charge in [0, 0.05) is 35.9 Å². The number of fused-ring (bicyclic) bond motifs is 1. The minimum Gasteiger partial charge on any atom is -0.388 e. The molecule has 0 atom stereocenters. The Labute approximate surface area is 110 Å². The minimum absolute atomic E-state index is 0.217. The van der Waals surface area contributed by atoms with Crippen LogP contribution < -0.4 is 5.32 Å². The Bertz CT molecular complexity index is 738. The molecule has 0 unspecified atom stereocenters. The minimum atomic E-state index is -0.217. The van der Waals surface area contributed by atoms with Crippen LogP contribution in [0.15, 0.2) is 54.9 Å². The van der Waals surface area contributed by atoms with Gasteiger partial charge >= 0.3 is 0 Å². The van der Waals surface area contributed by atoms with Crippen LogP contribution in [0.3, 0.4) is 0 Å². The van der Waals surface area contributed by atoms with Crippen molar-refractivity contribution < 1.29 is 4.39 Å². The molecule has 0 spiro atoms. The van der Waals surface area contributed by atoms with Crippen molar-refractivity contribution in [2.45, 2.75) is 0 Å². The summed E-state index contributed by atoms with van der Waals surface area (Å²) >= 11 is 0. The number of halogens is 1. The van der Waals surface area contributed by atoms with E-state index in [4.69, 9.17) is 0 Å². The highest BCUT2D eigenvalue weighted by Gasteiger charge is 2.07. The maximum absolute atomic E-state index is 13.8. The predicted octanol–water partition coefficient (Wildman–Crippen LogP) is 4.08. The Morgan fingerprint density at radius 3 is 2.79 bits per heavy atom. The standard InChI is InChI=1S/C16H13FN2/c1-18-12-4-2-3-11(9-12)13-5-6-16(17)14-7-8-19-10-15(13)14/h2-10,18H,1H3. The van der Waals surface area contributed by atoms with E-state index in [2.05, 4.69) is 10.3 Å². The summed E-state index contributed by atoms with van der Waals surface area (Å²) in [6.07, 6.45) is 3.32. The van der Waals surface area contributed by atoms with Gasteiger partial charge in [-0.3, -0.25) is 4.98 Å². The highest BCUT2D eigenvalue weighted by Crippen LogP contribution is 2.30. The van der Waals surface area contributed by atoms with Crippen molar-refractivity contribution in [3.63, 3.8) is 0 Å². The molecule has 19 heavy (non-hydrogen) atoms. The molecule has 94 valence electrons. The van der Waals surface area contributed by atoms with E-state index in [1.54, 1.807) is 24.5 Å². The molecule has 1 heterocycles. The molecule has 0 fully saturated rings. The largest absolute Gasteiger partial charge is 0.388 e. The van der Waals surface area contributed by atoms with Crippen LogP contribution in [0.5, 0.6) is 0 Å². The Hall–Kier alpha value is -2.42. The van der Waals surface area contributed by atoms with Gasteiger partial charge in [-0.25, -0.2) is 4.39 Å². The highest BCUT2D eigenvalue weighted by atomic mass is 19.1. The summed E-state index contributed by atoms with van der Waals surface area (Å²) in [5, 5.41) is 4.54. The lowest BCUT2D eigenvalue weighted by Crippen LogP contribution is -1.89. The van der Waals surface area contributed by atoms with Crippen LogP contribution in [-0.4, -0.2) is 12.0 Å². The van der Waals surface area contributed by atoms with Crippen molar-refractivity contribution in [1.82, 2.24) is 4.98 Å². The molecule has 3 aromatic rings. The first kappa shape index (κ1) is 11.7. The highest BCUT2D eigenvalue weighted by molar-refractivity contribution is 5.96. The van der Waals surface area contributed by atoms with Crippen molar-refractivity contribution >= 4 is 16.5 Å². The molecular weight excluding hydrogens is 239 g/mol. The topological polar surface area (TPSA) is 24.9 Å². The van der Waals surface area contributed by atoms with Crippen LogP contribution >= 0.6 is 0 Å². The number of pyridine rings is 1. The maximum atomic E-state index is 13.8. The molecule has 0 bridgehead atoms. The zero-order valence-corrected chi connectivity index (χ0v) is 10.5. The molecule has 0 amide bonds. The van der Waals surface area contributed by atoms with E-state index in [9.17, 15) is 4.39 Å². The molecule has 3 heteroatoms. The Morgan fingerprint density at radius 2 is 1.95 bits per heavy atom. The first-order valence-corrected chi connectivity index (χ1v) is 6.10. The average molecular weight is 252 g/mol. The number of benzene rings is 2. The second-order valence-corrected chi connectivity index (χ2v) is 4.35. The van der Waals surface area contributed by atoms with Gasteiger partial charge in [0.1, 0.15) is 5.82 Å². The maximum Gasteiger partial charge on any atom is 0.131 e. The van der Waals surface area contributed by atoms with Crippen LogP contribution in [-0.2, 0) is 0 Å². The Balaban J connectivity index is 2.28. The first-order valence-electron chi connectivity index (χ1n) is 6.10. The normalized spacial score (nSPS) is 10.6. The van der Waals surface area contributed by atoms with Gasteiger partial charge in [0.15, 0.2) is 0 Å². The van der Waals surface area contributed by atoms with Crippen molar-refractivity contribution in [2.24, 2.45) is 0 Å². The van der Waals surface area contributed by atoms with E-state index < -0.39 is 0 Å². The third kappa shape index (κ3) is 2.03. The number of hydrogen-bond donors (Lipinski definition) is 1. The van der Waals surface area contributed by atoms with Gasteiger partial charge in [0.05, 0.1) is 0 Å². The fourth-order valence-electron chi connectivity index (χ4n) is 2.25. The molecule has 1 N–H and O–H groups in total. The van der Waals surface area contributed by atoms with E-state index in [1.807, 2.05) is 31.3 Å². The third-order valence-electron chi connectivity index (χ3n) is 3.23. The third-order valence-corrected chi connectivity index (χ3v) is 3.23. The number of nitrogens with zero attached hydrogens (tertiary/aromatic N) is 1. The summed E-state index contributed by atoms with van der Waals surface area (Å²) in [5.74, 6) is -0.217. The van der Waals surface area contributed by atoms with Crippen LogP contribution in [0, 0.1) is 5.82 Å². The lowest BCUT2D eigenvalue weighted by Gasteiger charge is -2.09. The zero-order chi connectivity index (χ0) is 13.2. The van der Waals surface area contributed by atoms with Gasteiger partial charge in [0.2, 0.25) is 0 Å². The number of rotatable bonds is 2. The summed E-state index contributed by atoms with van der Waals surface area (Å²) in [6, 6.07) is 13.0. The molecular formula is C16H13FN2. The summed E-state index contributed by atoms with van der Waals surface area (Å²) in [4.78, 5) is 4.10. The van der Waals surface area contributed by atoms with Crippen LogP contribution in [0.2, 0.25) is 0 Å². The summed E-state index contributed by atoms with van der Waals surface area (Å²) < 4.78 is 13.8. The molecule has 0 saturated carbocycles. The number of nitrogens with one attached hydrogen (secondary N) is 1. The summed E-state index contributed by atoms with van der Waals surface area (Å²) in [6.45, 7) is 0. The van der Waals surface area contributed by atoms with Crippen molar-refractivity contribution in [1.29, 1.82) is 0 Å². The van der Waals surface area contributed by atoms with Gasteiger partial charge in [-0.15, -0.1) is 0 Å². The molecule has 2 nitrogen and oxygen atoms in total. The van der Waals surface area contributed by atoms with Gasteiger partial charge in [0.25, 0.3) is 0 Å². The average Bonchev–Trinajstić information content (AvgIpc) is 2.48. The van der Waals surface area contributed by atoms with E-state index >= 15 is 0 Å². The quantitative estimate of drug-likeness (QED) is 0.743. The molecule has 1 aromatic heterocycles. The van der Waals surface area contributed by atoms with Gasteiger partial charge in [-0.2, -0.15) is 0 Å². The molecule has 2 aromatic carbocycles. The lowest BCUT2D eigenvalue weighted by molar-refractivity contribution is 0.640. The van der Waals surface area contributed by atoms with Crippen molar-refractivity contribution in [3.8, 4) is 11.1 Å². The fraction of sp³-hybridized carbons (Fsp3) is 0.0625. The first-order chi connectivity index (χ1) is 9.29. The molecule has 0 radical (unpaired) electrons. The summed E-state index contributed by atoms with van der Waals surface area (Å²) in [7, 11) is 1.88. The Kier molecular flexibility index (Phi) is 2.88. The van der Waals surface area contributed by atoms with Gasteiger partial charge in [-0.05, 0) is 35.4 Å². The monoisotopic (exact) mass is 252 g/mol. The molecule has 3 rings (SSSR count). The van der Waals surface area contributed by atoms with E-state index in [1.165, 1.54) is 6.07 Å². The fourth-order valence-corrected chi connectivity index (χ4v) is 2.25. The molecule has 0 aliphatic carbocycles. The van der Waals surface area contributed by atoms with Crippen LogP contribution in [0.1, 0.15) is 0 Å². The summed E-state index contributed by atoms with van der Waals surface area (Å²) in [5.41, 5.74) is 3.06. The van der Waals surface area contributed by atoms with Crippen LogP contribution in [0.4, 0.5) is 10.1 Å². The van der Waals surface area contributed by atoms with Gasteiger partial charge < -0.3 is 5.32 Å². The lowest BCUT2D eigenvalue weighted by atomic mass is 9.99. The zero-order valence-electron chi connectivity index (χ0n) is 10.5. The van der Waals surface area contributed by atoms with Crippen molar-refractivity contribution in [3.05, 3.63) is 60.7 Å². The van der Waals surface area contributed by atoms with E-state index in [0.717, 1.165) is 22.2 Å². The van der Waals surface area contributed by atoms with Crippen molar-refractivity contribution in [2.75, 3.05) is 12.4 Å². The number of anilines is 1. The van der Waals surface area contributed by atoms with Crippen LogP contribution in [0.25, 0.3) is 21.9 Å². The second kappa shape index (κ2) is 4.69. The predicted molar refractivity (Wildman–Crippen MR) is 76.7 cm³/mol. The molecule has 0 aliphatic heterocycles. The molecule has 0 aliphatic rings. The number of hydrogen-bond acceptors (Lipinski definition) is 2. The second-order valence-electron chi connectivity index (χ2n) is 4.35. The van der Waals surface area contributed by atoms with E-state index in [0.29, 0.717) is 5.39 Å². The Morgan fingerprint density at radius 1 is 1.05 bits per heavy atom. The van der Waals surface area contributed by atoms with E-state index in [-0.39, 0.29) is 5.82 Å². The SMILES string of the molecule is CNc1cccc(-c2ccc(F)c3ccncc23)c1. The smallest absolute Gasteiger partial charge is 0.131 e.